The summed E-state index contributed by atoms with van der Waals surface area (Å²) in [6.07, 6.45) is 0. The van der Waals surface area contributed by atoms with E-state index >= 15 is 0 Å². The Morgan fingerprint density at radius 3 is 2.61 bits per heavy atom. The molecule has 0 unspecified atom stereocenters. The molecule has 0 aliphatic heterocycles. The van der Waals surface area contributed by atoms with Crippen LogP contribution in [0.25, 0.3) is 22.4 Å². The number of benzene rings is 2. The van der Waals surface area contributed by atoms with Gasteiger partial charge in [-0.2, -0.15) is 0 Å². The fraction of sp³-hybridized carbons (Fsp3) is 0. The highest BCUT2D eigenvalue weighted by Crippen LogP contribution is 2.29. The van der Waals surface area contributed by atoms with Gasteiger partial charge in [-0.1, -0.05) is 27.5 Å². The van der Waals surface area contributed by atoms with E-state index in [2.05, 4.69) is 25.9 Å². The number of anilines is 1. The number of rotatable bonds is 1. The summed E-state index contributed by atoms with van der Waals surface area (Å²) in [5, 5.41) is 0.623. The molecule has 0 bridgehead atoms. The average molecular weight is 323 g/mol. The maximum Gasteiger partial charge on any atom is 0.138 e. The van der Waals surface area contributed by atoms with Crippen molar-refractivity contribution in [3.8, 4) is 11.4 Å². The minimum atomic E-state index is 0.623. The molecular weight excluding hydrogens is 314 g/mol. The van der Waals surface area contributed by atoms with E-state index in [0.717, 1.165) is 32.6 Å². The molecule has 1 heterocycles. The molecule has 0 aliphatic carbocycles. The van der Waals surface area contributed by atoms with Crippen LogP contribution >= 0.6 is 27.5 Å². The molecule has 2 aromatic carbocycles. The number of nitrogens with two attached hydrogens (primary N) is 1. The molecule has 18 heavy (non-hydrogen) atoms. The number of nitrogen functional groups attached to an aromatic ring is 1. The molecule has 0 atom stereocenters. The lowest BCUT2D eigenvalue weighted by atomic mass is 10.2. The van der Waals surface area contributed by atoms with Gasteiger partial charge in [0.2, 0.25) is 0 Å². The van der Waals surface area contributed by atoms with E-state index in [0.29, 0.717) is 5.02 Å². The second kappa shape index (κ2) is 4.30. The zero-order chi connectivity index (χ0) is 12.7. The van der Waals surface area contributed by atoms with Gasteiger partial charge in [0, 0.05) is 15.7 Å². The van der Waals surface area contributed by atoms with Crippen LogP contribution in [-0.2, 0) is 0 Å². The van der Waals surface area contributed by atoms with E-state index in [1.165, 1.54) is 0 Å². The molecule has 0 amide bonds. The van der Waals surface area contributed by atoms with E-state index in [1.807, 2.05) is 36.4 Å². The van der Waals surface area contributed by atoms with Crippen LogP contribution in [0.15, 0.2) is 40.9 Å². The summed E-state index contributed by atoms with van der Waals surface area (Å²) in [5.41, 5.74) is 9.05. The number of hydrogen-bond acceptors (Lipinski definition) is 2. The van der Waals surface area contributed by atoms with Crippen molar-refractivity contribution in [2.45, 2.75) is 0 Å². The molecule has 3 aromatic rings. The first-order chi connectivity index (χ1) is 8.63. The van der Waals surface area contributed by atoms with Crippen molar-refractivity contribution in [2.24, 2.45) is 0 Å². The van der Waals surface area contributed by atoms with Crippen molar-refractivity contribution in [1.29, 1.82) is 0 Å². The lowest BCUT2D eigenvalue weighted by molar-refractivity contribution is 1.34. The van der Waals surface area contributed by atoms with E-state index < -0.39 is 0 Å². The molecule has 0 radical (unpaired) electrons. The standard InChI is InChI=1S/C13H9BrClN3/c14-8-5-10(15)12-11(6-8)17-13(18-12)7-1-3-9(16)4-2-7/h1-6H,16H2,(H,17,18). The van der Waals surface area contributed by atoms with Crippen LogP contribution < -0.4 is 5.73 Å². The van der Waals surface area contributed by atoms with Gasteiger partial charge in [0.05, 0.1) is 10.5 Å². The van der Waals surface area contributed by atoms with Crippen LogP contribution in [0.3, 0.4) is 0 Å². The zero-order valence-corrected chi connectivity index (χ0v) is 11.6. The molecule has 0 saturated carbocycles. The molecule has 0 spiro atoms. The van der Waals surface area contributed by atoms with Crippen LogP contribution in [0, 0.1) is 0 Å². The Hall–Kier alpha value is -1.52. The number of nitrogens with zero attached hydrogens (tertiary/aromatic N) is 1. The lowest BCUT2D eigenvalue weighted by Gasteiger charge is -1.96. The summed E-state index contributed by atoms with van der Waals surface area (Å²) >= 11 is 9.57. The van der Waals surface area contributed by atoms with E-state index in [-0.39, 0.29) is 0 Å². The predicted octanol–water partition coefficient (Wildman–Crippen LogP) is 4.23. The highest BCUT2D eigenvalue weighted by Gasteiger charge is 2.09. The SMILES string of the molecule is Nc1ccc(-c2nc3c(Cl)cc(Br)cc3[nH]2)cc1. The Bertz CT molecular complexity index is 719. The van der Waals surface area contributed by atoms with Crippen LogP contribution in [0.5, 0.6) is 0 Å². The van der Waals surface area contributed by atoms with Crippen LogP contribution in [0.4, 0.5) is 5.69 Å². The molecule has 3 nitrogen and oxygen atoms in total. The number of hydrogen-bond donors (Lipinski definition) is 2. The van der Waals surface area contributed by atoms with Gasteiger partial charge in [-0.15, -0.1) is 0 Å². The van der Waals surface area contributed by atoms with Crippen molar-refractivity contribution in [3.63, 3.8) is 0 Å². The van der Waals surface area contributed by atoms with Gasteiger partial charge in [0.25, 0.3) is 0 Å². The normalized spacial score (nSPS) is 11.0. The second-order valence-corrected chi connectivity index (χ2v) is 5.31. The Morgan fingerprint density at radius 1 is 1.17 bits per heavy atom. The van der Waals surface area contributed by atoms with E-state index in [9.17, 15) is 0 Å². The summed E-state index contributed by atoms with van der Waals surface area (Å²) in [6, 6.07) is 11.3. The fourth-order valence-corrected chi connectivity index (χ4v) is 2.67. The van der Waals surface area contributed by atoms with Gasteiger partial charge >= 0.3 is 0 Å². The molecule has 0 fully saturated rings. The molecule has 3 rings (SSSR count). The van der Waals surface area contributed by atoms with Crippen molar-refractivity contribution in [2.75, 3.05) is 5.73 Å². The summed E-state index contributed by atoms with van der Waals surface area (Å²) in [5.74, 6) is 0.782. The Morgan fingerprint density at radius 2 is 1.89 bits per heavy atom. The zero-order valence-electron chi connectivity index (χ0n) is 9.24. The Labute approximate surface area is 117 Å². The molecular formula is C13H9BrClN3. The number of imidazole rings is 1. The number of halogens is 2. The minimum absolute atomic E-state index is 0.623. The molecule has 1 aromatic heterocycles. The third-order valence-corrected chi connectivity index (χ3v) is 3.43. The van der Waals surface area contributed by atoms with Crippen molar-refractivity contribution < 1.29 is 0 Å². The molecule has 90 valence electrons. The predicted molar refractivity (Wildman–Crippen MR) is 78.7 cm³/mol. The summed E-state index contributed by atoms with van der Waals surface area (Å²) in [7, 11) is 0. The maximum absolute atomic E-state index is 6.16. The largest absolute Gasteiger partial charge is 0.399 e. The topological polar surface area (TPSA) is 54.7 Å². The highest BCUT2D eigenvalue weighted by molar-refractivity contribution is 9.10. The molecule has 3 N–H and O–H groups in total. The molecule has 0 aliphatic rings. The first-order valence-electron chi connectivity index (χ1n) is 5.34. The van der Waals surface area contributed by atoms with Gasteiger partial charge in [0.1, 0.15) is 11.3 Å². The van der Waals surface area contributed by atoms with Crippen molar-refractivity contribution >= 4 is 44.3 Å². The van der Waals surface area contributed by atoms with Crippen molar-refractivity contribution in [1.82, 2.24) is 9.97 Å². The first-order valence-corrected chi connectivity index (χ1v) is 6.51. The van der Waals surface area contributed by atoms with E-state index in [1.54, 1.807) is 0 Å². The van der Waals surface area contributed by atoms with Gasteiger partial charge < -0.3 is 10.7 Å². The number of fused-ring (bicyclic) bond motifs is 1. The minimum Gasteiger partial charge on any atom is -0.399 e. The van der Waals surface area contributed by atoms with Crippen LogP contribution in [0.2, 0.25) is 5.02 Å². The summed E-state index contributed by atoms with van der Waals surface area (Å²) < 4.78 is 0.924. The quantitative estimate of drug-likeness (QED) is 0.659. The van der Waals surface area contributed by atoms with Crippen LogP contribution in [-0.4, -0.2) is 9.97 Å². The smallest absolute Gasteiger partial charge is 0.138 e. The summed E-state index contributed by atoms with van der Waals surface area (Å²) in [6.45, 7) is 0. The monoisotopic (exact) mass is 321 g/mol. The molecule has 5 heteroatoms. The highest BCUT2D eigenvalue weighted by atomic mass is 79.9. The third kappa shape index (κ3) is 1.98. The second-order valence-electron chi connectivity index (χ2n) is 3.99. The number of aromatic nitrogens is 2. The lowest BCUT2D eigenvalue weighted by Crippen LogP contribution is -1.84. The Balaban J connectivity index is 2.19. The third-order valence-electron chi connectivity index (χ3n) is 2.69. The Kier molecular flexibility index (Phi) is 2.76. The number of nitrogens with one attached hydrogen (secondary N) is 1. The average Bonchev–Trinajstić information content (AvgIpc) is 2.74. The van der Waals surface area contributed by atoms with Gasteiger partial charge in [-0.05, 0) is 36.4 Å². The first kappa shape index (κ1) is 11.6. The number of aromatic amines is 1. The van der Waals surface area contributed by atoms with Gasteiger partial charge in [-0.25, -0.2) is 4.98 Å². The van der Waals surface area contributed by atoms with Gasteiger partial charge in [0.15, 0.2) is 0 Å². The fourth-order valence-electron chi connectivity index (χ4n) is 1.82. The van der Waals surface area contributed by atoms with Crippen molar-refractivity contribution in [3.05, 3.63) is 45.9 Å². The molecule has 0 saturated heterocycles. The number of H-pyrrole nitrogens is 1. The summed E-state index contributed by atoms with van der Waals surface area (Å²) in [4.78, 5) is 7.75. The van der Waals surface area contributed by atoms with Crippen LogP contribution in [0.1, 0.15) is 0 Å². The van der Waals surface area contributed by atoms with E-state index in [4.69, 9.17) is 17.3 Å². The maximum atomic E-state index is 6.16. The van der Waals surface area contributed by atoms with Gasteiger partial charge in [-0.3, -0.25) is 0 Å².